The molecule has 1 aromatic carbocycles. The van der Waals surface area contributed by atoms with Crippen LogP contribution in [0.1, 0.15) is 50.7 Å². The number of carbonyl (C=O) groups is 2. The van der Waals surface area contributed by atoms with Crippen molar-refractivity contribution in [3.05, 3.63) is 35.1 Å². The average Bonchev–Trinajstić information content (AvgIpc) is 2.47. The number of esters is 2. The lowest BCUT2D eigenvalue weighted by atomic mass is 10.0. The molecule has 1 aromatic rings. The second kappa shape index (κ2) is 10.8. The van der Waals surface area contributed by atoms with Crippen LogP contribution >= 0.6 is 0 Å². The van der Waals surface area contributed by atoms with Crippen LogP contribution in [0.3, 0.4) is 0 Å². The number of carbonyl (C=O) groups excluding carboxylic acids is 2. The molecule has 1 rings (SSSR count). The third-order valence-corrected chi connectivity index (χ3v) is 3.32. The minimum Gasteiger partial charge on any atom is -0.466 e. The maximum absolute atomic E-state index is 13.7. The first kappa shape index (κ1) is 19.1. The SMILES string of the molecule is CCOC(=O)CCCc1cc(F)cc(CCCC(=O)OCC)c1. The van der Waals surface area contributed by atoms with Crippen molar-refractivity contribution in [2.45, 2.75) is 52.4 Å². The predicted molar refractivity (Wildman–Crippen MR) is 85.5 cm³/mol. The van der Waals surface area contributed by atoms with E-state index in [9.17, 15) is 14.0 Å². The van der Waals surface area contributed by atoms with Crippen LogP contribution in [-0.2, 0) is 31.9 Å². The van der Waals surface area contributed by atoms with Gasteiger partial charge in [0.25, 0.3) is 0 Å². The molecule has 0 fully saturated rings. The van der Waals surface area contributed by atoms with Gasteiger partial charge < -0.3 is 9.47 Å². The van der Waals surface area contributed by atoms with Crippen LogP contribution in [0.4, 0.5) is 4.39 Å². The van der Waals surface area contributed by atoms with Crippen LogP contribution in [0.2, 0.25) is 0 Å². The van der Waals surface area contributed by atoms with E-state index < -0.39 is 0 Å². The van der Waals surface area contributed by atoms with E-state index in [-0.39, 0.29) is 17.8 Å². The number of rotatable bonds is 10. The van der Waals surface area contributed by atoms with Gasteiger partial charge in [-0.15, -0.1) is 0 Å². The molecule has 0 amide bonds. The standard InChI is InChI=1S/C18H25FO4/c1-3-22-17(20)9-5-7-14-11-15(13-16(19)12-14)8-6-10-18(21)23-4-2/h11-13H,3-10H2,1-2H3. The molecular formula is C18H25FO4. The fraction of sp³-hybridized carbons (Fsp3) is 0.556. The number of benzene rings is 1. The topological polar surface area (TPSA) is 52.6 Å². The van der Waals surface area contributed by atoms with E-state index in [1.807, 2.05) is 6.07 Å². The van der Waals surface area contributed by atoms with Crippen molar-refractivity contribution in [3.8, 4) is 0 Å². The van der Waals surface area contributed by atoms with Crippen LogP contribution in [-0.4, -0.2) is 25.2 Å². The van der Waals surface area contributed by atoms with Crippen LogP contribution in [0.15, 0.2) is 18.2 Å². The summed E-state index contributed by atoms with van der Waals surface area (Å²) in [5.74, 6) is -0.734. The Labute approximate surface area is 137 Å². The smallest absolute Gasteiger partial charge is 0.305 e. The molecule has 5 heteroatoms. The Kier molecular flexibility index (Phi) is 8.95. The lowest BCUT2D eigenvalue weighted by Gasteiger charge is -2.07. The van der Waals surface area contributed by atoms with E-state index >= 15 is 0 Å². The number of hydrogen-bond acceptors (Lipinski definition) is 4. The van der Waals surface area contributed by atoms with E-state index in [0.717, 1.165) is 11.1 Å². The Morgan fingerprint density at radius 1 is 0.870 bits per heavy atom. The van der Waals surface area contributed by atoms with E-state index in [1.165, 1.54) is 12.1 Å². The van der Waals surface area contributed by atoms with E-state index in [2.05, 4.69) is 0 Å². The monoisotopic (exact) mass is 324 g/mol. The summed E-state index contributed by atoms with van der Waals surface area (Å²) in [6.07, 6.45) is 3.18. The summed E-state index contributed by atoms with van der Waals surface area (Å²) in [5, 5.41) is 0. The van der Waals surface area contributed by atoms with Gasteiger partial charge in [0.1, 0.15) is 5.82 Å². The van der Waals surface area contributed by atoms with Crippen molar-refractivity contribution in [1.29, 1.82) is 0 Å². The first-order valence-corrected chi connectivity index (χ1v) is 8.14. The van der Waals surface area contributed by atoms with Gasteiger partial charge in [0.15, 0.2) is 0 Å². The zero-order valence-electron chi connectivity index (χ0n) is 13.9. The Morgan fingerprint density at radius 2 is 1.30 bits per heavy atom. The minimum atomic E-state index is -0.287. The first-order chi connectivity index (χ1) is 11.0. The molecule has 0 N–H and O–H groups in total. The van der Waals surface area contributed by atoms with Crippen molar-refractivity contribution in [2.24, 2.45) is 0 Å². The highest BCUT2D eigenvalue weighted by molar-refractivity contribution is 5.69. The van der Waals surface area contributed by atoms with Crippen molar-refractivity contribution in [1.82, 2.24) is 0 Å². The highest BCUT2D eigenvalue weighted by Crippen LogP contribution is 2.14. The Hall–Kier alpha value is -1.91. The summed E-state index contributed by atoms with van der Waals surface area (Å²) < 4.78 is 23.4. The van der Waals surface area contributed by atoms with Crippen LogP contribution in [0, 0.1) is 5.82 Å². The highest BCUT2D eigenvalue weighted by Gasteiger charge is 2.06. The number of halogens is 1. The molecule has 0 saturated carbocycles. The molecular weight excluding hydrogens is 299 g/mol. The Morgan fingerprint density at radius 3 is 1.70 bits per heavy atom. The molecule has 0 saturated heterocycles. The molecule has 0 aromatic heterocycles. The molecule has 4 nitrogen and oxygen atoms in total. The van der Waals surface area contributed by atoms with Gasteiger partial charge in [0, 0.05) is 12.8 Å². The first-order valence-electron chi connectivity index (χ1n) is 8.14. The van der Waals surface area contributed by atoms with E-state index in [4.69, 9.17) is 9.47 Å². The van der Waals surface area contributed by atoms with E-state index in [1.54, 1.807) is 13.8 Å². The molecule has 128 valence electrons. The molecule has 0 spiro atoms. The molecule has 23 heavy (non-hydrogen) atoms. The van der Waals surface area contributed by atoms with Crippen LogP contribution < -0.4 is 0 Å². The minimum absolute atomic E-state index is 0.224. The molecule has 0 aliphatic heterocycles. The lowest BCUT2D eigenvalue weighted by Crippen LogP contribution is -2.05. The molecule has 0 aliphatic carbocycles. The zero-order valence-corrected chi connectivity index (χ0v) is 13.9. The third-order valence-electron chi connectivity index (χ3n) is 3.32. The summed E-state index contributed by atoms with van der Waals surface area (Å²) in [5.41, 5.74) is 1.72. The van der Waals surface area contributed by atoms with Gasteiger partial charge >= 0.3 is 11.9 Å². The number of ether oxygens (including phenoxy) is 2. The maximum atomic E-state index is 13.7. The number of aryl methyl sites for hydroxylation is 2. The molecule has 0 atom stereocenters. The van der Waals surface area contributed by atoms with Gasteiger partial charge in [0.2, 0.25) is 0 Å². The highest BCUT2D eigenvalue weighted by atomic mass is 19.1. The second-order valence-corrected chi connectivity index (χ2v) is 5.28. The summed E-state index contributed by atoms with van der Waals surface area (Å²) in [4.78, 5) is 22.6. The Bertz CT molecular complexity index is 471. The van der Waals surface area contributed by atoms with Crippen molar-refractivity contribution in [3.63, 3.8) is 0 Å². The molecule has 0 heterocycles. The average molecular weight is 324 g/mol. The van der Waals surface area contributed by atoms with Crippen LogP contribution in [0.25, 0.3) is 0 Å². The third kappa shape index (κ3) is 8.33. The quantitative estimate of drug-likeness (QED) is 0.617. The summed E-state index contributed by atoms with van der Waals surface area (Å²) >= 11 is 0. The van der Waals surface area contributed by atoms with E-state index in [0.29, 0.717) is 51.7 Å². The second-order valence-electron chi connectivity index (χ2n) is 5.28. The van der Waals surface area contributed by atoms with Crippen LogP contribution in [0.5, 0.6) is 0 Å². The molecule has 0 unspecified atom stereocenters. The Balaban J connectivity index is 2.45. The molecule has 0 radical (unpaired) electrons. The largest absolute Gasteiger partial charge is 0.466 e. The maximum Gasteiger partial charge on any atom is 0.305 e. The van der Waals surface area contributed by atoms with Gasteiger partial charge in [0.05, 0.1) is 13.2 Å². The van der Waals surface area contributed by atoms with Crippen molar-refractivity contribution < 1.29 is 23.5 Å². The lowest BCUT2D eigenvalue weighted by molar-refractivity contribution is -0.144. The van der Waals surface area contributed by atoms with Gasteiger partial charge in [-0.1, -0.05) is 6.07 Å². The fourth-order valence-corrected chi connectivity index (χ4v) is 2.35. The summed E-state index contributed by atoms with van der Waals surface area (Å²) in [6.45, 7) is 4.30. The molecule has 0 aliphatic rings. The number of hydrogen-bond donors (Lipinski definition) is 0. The summed E-state index contributed by atoms with van der Waals surface area (Å²) in [6, 6.07) is 4.90. The van der Waals surface area contributed by atoms with Gasteiger partial charge in [-0.2, -0.15) is 0 Å². The van der Waals surface area contributed by atoms with Gasteiger partial charge in [-0.25, -0.2) is 4.39 Å². The van der Waals surface area contributed by atoms with Crippen molar-refractivity contribution >= 4 is 11.9 Å². The van der Waals surface area contributed by atoms with Gasteiger partial charge in [-0.05, 0) is 62.8 Å². The normalized spacial score (nSPS) is 10.4. The van der Waals surface area contributed by atoms with Crippen molar-refractivity contribution in [2.75, 3.05) is 13.2 Å². The fourth-order valence-electron chi connectivity index (χ4n) is 2.35. The summed E-state index contributed by atoms with van der Waals surface area (Å²) in [7, 11) is 0. The zero-order chi connectivity index (χ0) is 17.1. The molecule has 0 bridgehead atoms. The predicted octanol–water partition coefficient (Wildman–Crippen LogP) is 3.60. The van der Waals surface area contributed by atoms with Gasteiger partial charge in [-0.3, -0.25) is 9.59 Å².